The molecule has 0 fully saturated rings. The molecule has 0 saturated heterocycles. The molecule has 0 unspecified atom stereocenters. The number of hydrogen-bond donors (Lipinski definition) is 1. The third-order valence-corrected chi connectivity index (χ3v) is 6.32. The van der Waals surface area contributed by atoms with Crippen LogP contribution in [0.1, 0.15) is 11.1 Å². The van der Waals surface area contributed by atoms with E-state index in [2.05, 4.69) is 0 Å². The fourth-order valence-electron chi connectivity index (χ4n) is 2.31. The van der Waals surface area contributed by atoms with Crippen LogP contribution in [0.5, 0.6) is 0 Å². The molecule has 8 heteroatoms. The second-order valence-electron chi connectivity index (χ2n) is 5.63. The van der Waals surface area contributed by atoms with E-state index < -0.39 is 22.0 Å². The molecule has 25 heavy (non-hydrogen) atoms. The number of sulfonamides is 1. The molecule has 134 valence electrons. The topological polar surface area (TPSA) is 74.7 Å². The van der Waals surface area contributed by atoms with Crippen molar-refractivity contribution in [1.29, 1.82) is 0 Å². The SMILES string of the molecule is Cc1ccc(S(=O)(=O)N(C)[C@H](Cc2ccc(Cl)cc2Cl)C(=O)O)cc1. The number of benzene rings is 2. The van der Waals surface area contributed by atoms with Crippen LogP contribution in [0.4, 0.5) is 0 Å². The van der Waals surface area contributed by atoms with Gasteiger partial charge in [0.1, 0.15) is 6.04 Å². The molecule has 0 saturated carbocycles. The van der Waals surface area contributed by atoms with Crippen molar-refractivity contribution in [1.82, 2.24) is 4.31 Å². The van der Waals surface area contributed by atoms with E-state index in [0.29, 0.717) is 15.6 Å². The molecule has 0 heterocycles. The standard InChI is InChI=1S/C17H17Cl2NO4S/c1-11-3-7-14(8-4-11)25(23,24)20(2)16(17(21)22)9-12-5-6-13(18)10-15(12)19/h3-8,10,16H,9H2,1-2H3,(H,21,22)/t16-/m1/s1. The van der Waals surface area contributed by atoms with E-state index in [1.807, 2.05) is 6.92 Å². The number of rotatable bonds is 6. The van der Waals surface area contributed by atoms with Crippen LogP contribution in [0.25, 0.3) is 0 Å². The zero-order valence-corrected chi connectivity index (χ0v) is 15.9. The van der Waals surface area contributed by atoms with Gasteiger partial charge in [-0.3, -0.25) is 4.79 Å². The van der Waals surface area contributed by atoms with Crippen LogP contribution in [0.15, 0.2) is 47.4 Å². The smallest absolute Gasteiger partial charge is 0.322 e. The van der Waals surface area contributed by atoms with Crippen molar-refractivity contribution >= 4 is 39.2 Å². The Kier molecular flexibility index (Phi) is 6.11. The average Bonchev–Trinajstić information content (AvgIpc) is 2.53. The Bertz CT molecular complexity index is 882. The average molecular weight is 402 g/mol. The lowest BCUT2D eigenvalue weighted by Gasteiger charge is -2.24. The maximum atomic E-state index is 12.7. The van der Waals surface area contributed by atoms with Crippen LogP contribution in [0, 0.1) is 6.92 Å². The highest BCUT2D eigenvalue weighted by Gasteiger charge is 2.33. The number of carboxylic acid groups (broad SMARTS) is 1. The Hall–Kier alpha value is -1.60. The highest BCUT2D eigenvalue weighted by molar-refractivity contribution is 7.89. The number of nitrogens with zero attached hydrogens (tertiary/aromatic N) is 1. The molecule has 0 spiro atoms. The molecule has 0 aliphatic heterocycles. The van der Waals surface area contributed by atoms with Crippen molar-refractivity contribution in [3.05, 3.63) is 63.6 Å². The summed E-state index contributed by atoms with van der Waals surface area (Å²) >= 11 is 11.9. The number of carbonyl (C=O) groups is 1. The minimum absolute atomic E-state index is 0.0362. The van der Waals surface area contributed by atoms with E-state index in [0.717, 1.165) is 9.87 Å². The van der Waals surface area contributed by atoms with Gasteiger partial charge in [0.05, 0.1) is 4.90 Å². The molecule has 0 aromatic heterocycles. The van der Waals surface area contributed by atoms with Gasteiger partial charge in [-0.25, -0.2) is 8.42 Å². The Labute approximate surface area is 156 Å². The Morgan fingerprint density at radius 1 is 1.16 bits per heavy atom. The number of aliphatic carboxylic acids is 1. The van der Waals surface area contributed by atoms with Crippen LogP contribution in [0.2, 0.25) is 10.0 Å². The van der Waals surface area contributed by atoms with E-state index in [9.17, 15) is 18.3 Å². The van der Waals surface area contributed by atoms with E-state index in [-0.39, 0.29) is 11.3 Å². The fraction of sp³-hybridized carbons (Fsp3) is 0.235. The van der Waals surface area contributed by atoms with Gasteiger partial charge in [-0.05, 0) is 36.8 Å². The molecule has 5 nitrogen and oxygen atoms in total. The van der Waals surface area contributed by atoms with Crippen LogP contribution in [-0.4, -0.2) is 36.9 Å². The first-order valence-corrected chi connectivity index (χ1v) is 9.54. The van der Waals surface area contributed by atoms with Crippen molar-refractivity contribution in [2.24, 2.45) is 0 Å². The van der Waals surface area contributed by atoms with Crippen molar-refractivity contribution in [2.75, 3.05) is 7.05 Å². The van der Waals surface area contributed by atoms with Crippen molar-refractivity contribution in [3.8, 4) is 0 Å². The van der Waals surface area contributed by atoms with E-state index >= 15 is 0 Å². The van der Waals surface area contributed by atoms with Crippen LogP contribution in [0.3, 0.4) is 0 Å². The second-order valence-corrected chi connectivity index (χ2v) is 8.47. The van der Waals surface area contributed by atoms with E-state index in [1.54, 1.807) is 24.3 Å². The summed E-state index contributed by atoms with van der Waals surface area (Å²) in [6.45, 7) is 1.84. The van der Waals surface area contributed by atoms with Crippen LogP contribution in [-0.2, 0) is 21.2 Å². The number of aryl methyl sites for hydroxylation is 1. The highest BCUT2D eigenvalue weighted by Crippen LogP contribution is 2.25. The minimum Gasteiger partial charge on any atom is -0.480 e. The van der Waals surface area contributed by atoms with Gasteiger partial charge in [0.2, 0.25) is 10.0 Å². The molecule has 1 atom stereocenters. The first-order chi connectivity index (χ1) is 11.6. The quantitative estimate of drug-likeness (QED) is 0.801. The maximum Gasteiger partial charge on any atom is 0.322 e. The summed E-state index contributed by atoms with van der Waals surface area (Å²) in [6, 6.07) is 9.59. The predicted octanol–water partition coefficient (Wildman–Crippen LogP) is 3.62. The normalized spacial score (nSPS) is 13.0. The van der Waals surface area contributed by atoms with Crippen LogP contribution < -0.4 is 0 Å². The van der Waals surface area contributed by atoms with Crippen molar-refractivity contribution in [3.63, 3.8) is 0 Å². The lowest BCUT2D eigenvalue weighted by molar-refractivity contribution is -0.141. The molecule has 2 aromatic rings. The third-order valence-electron chi connectivity index (χ3n) is 3.85. The van der Waals surface area contributed by atoms with E-state index in [4.69, 9.17) is 23.2 Å². The monoisotopic (exact) mass is 401 g/mol. The molecule has 0 amide bonds. The molecule has 2 rings (SSSR count). The highest BCUT2D eigenvalue weighted by atomic mass is 35.5. The van der Waals surface area contributed by atoms with Crippen LogP contribution >= 0.6 is 23.2 Å². The summed E-state index contributed by atoms with van der Waals surface area (Å²) in [5.41, 5.74) is 1.41. The van der Waals surface area contributed by atoms with Gasteiger partial charge >= 0.3 is 5.97 Å². The summed E-state index contributed by atoms with van der Waals surface area (Å²) in [5, 5.41) is 10.2. The molecule has 0 aliphatic rings. The summed E-state index contributed by atoms with van der Waals surface area (Å²) in [4.78, 5) is 11.7. The Morgan fingerprint density at radius 2 is 1.76 bits per heavy atom. The van der Waals surface area contributed by atoms with Gasteiger partial charge in [-0.2, -0.15) is 4.31 Å². The molecule has 1 N–H and O–H groups in total. The van der Waals surface area contributed by atoms with Gasteiger partial charge in [0, 0.05) is 23.5 Å². The number of halogens is 2. The lowest BCUT2D eigenvalue weighted by atomic mass is 10.1. The lowest BCUT2D eigenvalue weighted by Crippen LogP contribution is -2.43. The van der Waals surface area contributed by atoms with Gasteiger partial charge < -0.3 is 5.11 Å². The summed E-state index contributed by atoms with van der Waals surface area (Å²) in [5.74, 6) is -1.26. The zero-order valence-electron chi connectivity index (χ0n) is 13.6. The number of likely N-dealkylation sites (N-methyl/N-ethyl adjacent to an activating group) is 1. The largest absolute Gasteiger partial charge is 0.480 e. The minimum atomic E-state index is -3.96. The van der Waals surface area contributed by atoms with Gasteiger partial charge in [0.15, 0.2) is 0 Å². The predicted molar refractivity (Wildman–Crippen MR) is 97.7 cm³/mol. The zero-order chi connectivity index (χ0) is 18.8. The first kappa shape index (κ1) is 19.7. The summed E-state index contributed by atoms with van der Waals surface area (Å²) in [7, 11) is -2.71. The molecular formula is C17H17Cl2NO4S. The van der Waals surface area contributed by atoms with E-state index in [1.165, 1.54) is 25.2 Å². The molecule has 0 radical (unpaired) electrons. The third kappa shape index (κ3) is 4.52. The van der Waals surface area contributed by atoms with Gasteiger partial charge in [-0.1, -0.05) is 47.0 Å². The summed E-state index contributed by atoms with van der Waals surface area (Å²) < 4.78 is 26.3. The van der Waals surface area contributed by atoms with Crippen molar-refractivity contribution < 1.29 is 18.3 Å². The molecular weight excluding hydrogens is 385 g/mol. The van der Waals surface area contributed by atoms with Gasteiger partial charge in [0.25, 0.3) is 0 Å². The Morgan fingerprint density at radius 3 is 2.28 bits per heavy atom. The second kappa shape index (κ2) is 7.74. The molecule has 2 aromatic carbocycles. The van der Waals surface area contributed by atoms with Gasteiger partial charge in [-0.15, -0.1) is 0 Å². The summed E-state index contributed by atoms with van der Waals surface area (Å²) in [6.07, 6.45) is -0.0765. The maximum absolute atomic E-state index is 12.7. The number of carboxylic acids is 1. The fourth-order valence-corrected chi connectivity index (χ4v) is 4.11. The molecule has 0 aliphatic carbocycles. The first-order valence-electron chi connectivity index (χ1n) is 7.34. The Balaban J connectivity index is 2.35. The van der Waals surface area contributed by atoms with Crippen molar-refractivity contribution in [2.45, 2.75) is 24.3 Å². The number of hydrogen-bond acceptors (Lipinski definition) is 3. The molecule has 0 bridgehead atoms.